The van der Waals surface area contributed by atoms with E-state index < -0.39 is 6.03 Å². The van der Waals surface area contributed by atoms with Gasteiger partial charge in [0.15, 0.2) is 5.65 Å². The molecule has 84 valence electrons. The zero-order valence-corrected chi connectivity index (χ0v) is 9.01. The van der Waals surface area contributed by atoms with Gasteiger partial charge in [-0.25, -0.2) is 14.8 Å². The molecule has 7 heteroatoms. The Balaban J connectivity index is 2.57. The summed E-state index contributed by atoms with van der Waals surface area (Å²) in [7, 11) is 0. The number of carbonyl (C=O) groups is 1. The minimum Gasteiger partial charge on any atom is -0.351 e. The summed E-state index contributed by atoms with van der Waals surface area (Å²) in [5.41, 5.74) is 6.70. The lowest BCUT2D eigenvalue weighted by Crippen LogP contribution is -2.22. The van der Waals surface area contributed by atoms with E-state index in [1.54, 1.807) is 6.20 Å². The molecular formula is C9H12N6O. The third kappa shape index (κ3) is 1.67. The molecule has 3 N–H and O–H groups in total. The molecule has 0 fully saturated rings. The van der Waals surface area contributed by atoms with E-state index in [1.807, 2.05) is 13.8 Å². The van der Waals surface area contributed by atoms with Gasteiger partial charge < -0.3 is 5.73 Å². The van der Waals surface area contributed by atoms with Crippen LogP contribution in [0.5, 0.6) is 0 Å². The average Bonchev–Trinajstić information content (AvgIpc) is 2.61. The summed E-state index contributed by atoms with van der Waals surface area (Å²) in [6.07, 6.45) is 3.08. The number of carbonyl (C=O) groups excluding carboxylic acids is 1. The van der Waals surface area contributed by atoms with Crippen molar-refractivity contribution in [3.63, 3.8) is 0 Å². The van der Waals surface area contributed by atoms with Crippen LogP contribution in [-0.4, -0.2) is 25.6 Å². The van der Waals surface area contributed by atoms with Crippen molar-refractivity contribution in [3.8, 4) is 0 Å². The highest BCUT2D eigenvalue weighted by molar-refractivity contribution is 5.86. The molecule has 0 aliphatic heterocycles. The van der Waals surface area contributed by atoms with Crippen LogP contribution in [0.3, 0.4) is 0 Å². The fourth-order valence-electron chi connectivity index (χ4n) is 1.43. The summed E-state index contributed by atoms with van der Waals surface area (Å²) in [5.74, 6) is 0.568. The molecule has 7 nitrogen and oxygen atoms in total. The molecule has 0 saturated heterocycles. The van der Waals surface area contributed by atoms with Crippen molar-refractivity contribution in [2.24, 2.45) is 5.73 Å². The van der Waals surface area contributed by atoms with E-state index >= 15 is 0 Å². The molecule has 0 radical (unpaired) electrons. The van der Waals surface area contributed by atoms with Gasteiger partial charge >= 0.3 is 6.03 Å². The lowest BCUT2D eigenvalue weighted by atomic mass is 10.1. The van der Waals surface area contributed by atoms with Gasteiger partial charge in [0.05, 0.1) is 6.20 Å². The third-order valence-corrected chi connectivity index (χ3v) is 2.19. The number of hydrogen-bond acceptors (Lipinski definition) is 4. The lowest BCUT2D eigenvalue weighted by Gasteiger charge is -2.04. The zero-order valence-electron chi connectivity index (χ0n) is 9.01. The Labute approximate surface area is 91.7 Å². The number of nitrogens with two attached hydrogens (primary N) is 1. The Morgan fingerprint density at radius 3 is 2.88 bits per heavy atom. The molecule has 0 saturated carbocycles. The summed E-state index contributed by atoms with van der Waals surface area (Å²) in [4.78, 5) is 18.8. The van der Waals surface area contributed by atoms with Gasteiger partial charge in [0, 0.05) is 5.56 Å². The molecule has 16 heavy (non-hydrogen) atoms. The normalized spacial score (nSPS) is 10.9. The Morgan fingerprint density at radius 1 is 1.50 bits per heavy atom. The van der Waals surface area contributed by atoms with E-state index in [0.29, 0.717) is 11.6 Å². The first-order valence-corrected chi connectivity index (χ1v) is 4.84. The SMILES string of the molecule is CC(C)c1cnn2c(NC(N)=O)ncnc12. The number of aromatic nitrogens is 4. The number of hydrogen-bond donors (Lipinski definition) is 2. The summed E-state index contributed by atoms with van der Waals surface area (Å²) < 4.78 is 1.46. The molecule has 2 heterocycles. The average molecular weight is 220 g/mol. The van der Waals surface area contributed by atoms with Crippen LogP contribution in [0.25, 0.3) is 5.65 Å². The van der Waals surface area contributed by atoms with Crippen molar-refractivity contribution in [3.05, 3.63) is 18.1 Å². The third-order valence-electron chi connectivity index (χ3n) is 2.19. The van der Waals surface area contributed by atoms with E-state index in [9.17, 15) is 4.79 Å². The van der Waals surface area contributed by atoms with E-state index in [2.05, 4.69) is 20.4 Å². The molecule has 0 unspecified atom stereocenters. The molecule has 0 aliphatic rings. The molecule has 0 aromatic carbocycles. The fourth-order valence-corrected chi connectivity index (χ4v) is 1.43. The van der Waals surface area contributed by atoms with Gasteiger partial charge in [-0.3, -0.25) is 5.32 Å². The van der Waals surface area contributed by atoms with Crippen LogP contribution in [0.2, 0.25) is 0 Å². The van der Waals surface area contributed by atoms with E-state index in [4.69, 9.17) is 5.73 Å². The highest BCUT2D eigenvalue weighted by Crippen LogP contribution is 2.19. The van der Waals surface area contributed by atoms with Gasteiger partial charge in [-0.05, 0) is 5.92 Å². The van der Waals surface area contributed by atoms with Crippen molar-refractivity contribution in [1.29, 1.82) is 0 Å². The number of rotatable bonds is 2. The smallest absolute Gasteiger partial charge is 0.319 e. The summed E-state index contributed by atoms with van der Waals surface area (Å²) in [6, 6.07) is -0.679. The predicted molar refractivity (Wildman–Crippen MR) is 58.1 cm³/mol. The van der Waals surface area contributed by atoms with E-state index in [1.165, 1.54) is 10.8 Å². The van der Waals surface area contributed by atoms with Crippen LogP contribution in [0.15, 0.2) is 12.5 Å². The summed E-state index contributed by atoms with van der Waals surface area (Å²) in [5, 5.41) is 6.50. The first-order chi connectivity index (χ1) is 7.59. The Hall–Kier alpha value is -2.18. The second-order valence-electron chi connectivity index (χ2n) is 3.68. The first kappa shape index (κ1) is 10.3. The second kappa shape index (κ2) is 3.76. The molecule has 0 aliphatic carbocycles. The molecular weight excluding hydrogens is 208 g/mol. The number of amides is 2. The number of nitrogens with zero attached hydrogens (tertiary/aromatic N) is 4. The molecule has 2 aromatic rings. The molecule has 2 rings (SSSR count). The van der Waals surface area contributed by atoms with Gasteiger partial charge in [-0.15, -0.1) is 0 Å². The highest BCUT2D eigenvalue weighted by Gasteiger charge is 2.12. The number of primary amides is 1. The van der Waals surface area contributed by atoms with Gasteiger partial charge in [0.2, 0.25) is 5.95 Å². The fraction of sp³-hybridized carbons (Fsp3) is 0.333. The van der Waals surface area contributed by atoms with Gasteiger partial charge in [0.1, 0.15) is 6.33 Å². The van der Waals surface area contributed by atoms with Crippen LogP contribution in [-0.2, 0) is 0 Å². The molecule has 2 aromatic heterocycles. The van der Waals surface area contributed by atoms with Gasteiger partial charge in [-0.2, -0.15) is 9.61 Å². The second-order valence-corrected chi connectivity index (χ2v) is 3.68. The number of anilines is 1. The van der Waals surface area contributed by atoms with Crippen molar-refractivity contribution < 1.29 is 4.79 Å². The lowest BCUT2D eigenvalue weighted by molar-refractivity contribution is 0.259. The Kier molecular flexibility index (Phi) is 2.43. The van der Waals surface area contributed by atoms with E-state index in [-0.39, 0.29) is 5.95 Å². The predicted octanol–water partition coefficient (Wildman–Crippen LogP) is 0.738. The van der Waals surface area contributed by atoms with Crippen LogP contribution < -0.4 is 11.1 Å². The topological polar surface area (TPSA) is 98.2 Å². The maximum atomic E-state index is 10.8. The first-order valence-electron chi connectivity index (χ1n) is 4.84. The Bertz CT molecular complexity index is 532. The van der Waals surface area contributed by atoms with Crippen LogP contribution in [0, 0.1) is 0 Å². The number of urea groups is 1. The maximum Gasteiger partial charge on any atom is 0.319 e. The minimum atomic E-state index is -0.679. The van der Waals surface area contributed by atoms with E-state index in [0.717, 1.165) is 5.56 Å². The maximum absolute atomic E-state index is 10.8. The summed E-state index contributed by atoms with van der Waals surface area (Å²) in [6.45, 7) is 4.08. The van der Waals surface area contributed by atoms with Crippen molar-refractivity contribution >= 4 is 17.6 Å². The van der Waals surface area contributed by atoms with Crippen molar-refractivity contribution in [2.45, 2.75) is 19.8 Å². The largest absolute Gasteiger partial charge is 0.351 e. The zero-order chi connectivity index (χ0) is 11.7. The van der Waals surface area contributed by atoms with Crippen molar-refractivity contribution in [2.75, 3.05) is 5.32 Å². The number of fused-ring (bicyclic) bond motifs is 1. The van der Waals surface area contributed by atoms with Crippen LogP contribution in [0.1, 0.15) is 25.3 Å². The Morgan fingerprint density at radius 2 is 2.25 bits per heavy atom. The van der Waals surface area contributed by atoms with Crippen LogP contribution >= 0.6 is 0 Å². The monoisotopic (exact) mass is 220 g/mol. The summed E-state index contributed by atoms with van der Waals surface area (Å²) >= 11 is 0. The van der Waals surface area contributed by atoms with Crippen LogP contribution in [0.4, 0.5) is 10.7 Å². The number of nitrogens with one attached hydrogen (secondary N) is 1. The molecule has 0 atom stereocenters. The molecule has 0 bridgehead atoms. The minimum absolute atomic E-state index is 0.268. The molecule has 2 amide bonds. The van der Waals surface area contributed by atoms with Gasteiger partial charge in [-0.1, -0.05) is 13.8 Å². The standard InChI is InChI=1S/C9H12N6O/c1-5(2)6-3-13-15-7(6)11-4-12-9(15)14-8(10)16/h3-5H,1-2H3,(H3,10,11,12,14,16). The molecule has 0 spiro atoms. The quantitative estimate of drug-likeness (QED) is 0.779. The highest BCUT2D eigenvalue weighted by atomic mass is 16.2. The van der Waals surface area contributed by atoms with Crippen molar-refractivity contribution in [1.82, 2.24) is 19.6 Å². The van der Waals surface area contributed by atoms with Gasteiger partial charge in [0.25, 0.3) is 0 Å².